The lowest BCUT2D eigenvalue weighted by molar-refractivity contribution is -0.135. The molecule has 0 bridgehead atoms. The predicted molar refractivity (Wildman–Crippen MR) is 44.4 cm³/mol. The molecule has 2 heterocycles. The van der Waals surface area contributed by atoms with E-state index in [0.717, 1.165) is 5.70 Å². The number of hydrogen-bond donors (Lipinski definition) is 1. The van der Waals surface area contributed by atoms with Gasteiger partial charge >= 0.3 is 5.97 Å². The Hall–Kier alpha value is -2.04. The van der Waals surface area contributed by atoms with Gasteiger partial charge in [-0.1, -0.05) is 0 Å². The number of allylic oxidation sites excluding steroid dienone is 1. The van der Waals surface area contributed by atoms with Crippen LogP contribution in [0.15, 0.2) is 41.2 Å². The smallest absolute Gasteiger partial charge is 0.373 e. The van der Waals surface area contributed by atoms with Gasteiger partial charge < -0.3 is 14.7 Å². The zero-order valence-corrected chi connectivity index (χ0v) is 6.54. The van der Waals surface area contributed by atoms with Crippen molar-refractivity contribution >= 4 is 12.3 Å². The topological polar surface area (TPSA) is 62.1 Å². The van der Waals surface area contributed by atoms with E-state index in [4.69, 9.17) is 9.84 Å². The van der Waals surface area contributed by atoms with E-state index in [-0.39, 0.29) is 5.76 Å². The predicted octanol–water partition coefficient (Wildman–Crippen LogP) is 0.642. The fraction of sp³-hybridized carbons (Fsp3) is 0. The van der Waals surface area contributed by atoms with Crippen molar-refractivity contribution in [2.75, 3.05) is 0 Å². The van der Waals surface area contributed by atoms with Gasteiger partial charge in [0.15, 0.2) is 0 Å². The van der Waals surface area contributed by atoms with Gasteiger partial charge in [-0.15, -0.1) is 0 Å². The van der Waals surface area contributed by atoms with Crippen LogP contribution in [0.3, 0.4) is 0 Å². The van der Waals surface area contributed by atoms with Crippen molar-refractivity contribution in [2.24, 2.45) is 4.99 Å². The molecule has 13 heavy (non-hydrogen) atoms. The Kier molecular flexibility index (Phi) is 1.63. The first-order valence-electron chi connectivity index (χ1n) is 3.57. The summed E-state index contributed by atoms with van der Waals surface area (Å²) in [7, 11) is 0. The second kappa shape index (κ2) is 2.78. The van der Waals surface area contributed by atoms with Crippen LogP contribution < -0.4 is 0 Å². The molecule has 5 nitrogen and oxygen atoms in total. The first-order valence-corrected chi connectivity index (χ1v) is 3.57. The fourth-order valence-electron chi connectivity index (χ4n) is 0.977. The van der Waals surface area contributed by atoms with E-state index < -0.39 is 5.97 Å². The lowest BCUT2D eigenvalue weighted by Crippen LogP contribution is -2.22. The fourth-order valence-corrected chi connectivity index (χ4v) is 0.977. The monoisotopic (exact) mass is 178 g/mol. The minimum absolute atomic E-state index is 0.120. The summed E-state index contributed by atoms with van der Waals surface area (Å²) in [4.78, 5) is 15.9. The van der Waals surface area contributed by atoms with Crippen molar-refractivity contribution in [2.45, 2.75) is 0 Å². The van der Waals surface area contributed by atoms with Crippen molar-refractivity contribution in [3.8, 4) is 0 Å². The summed E-state index contributed by atoms with van der Waals surface area (Å²) in [6, 6.07) is 0. The van der Waals surface area contributed by atoms with Gasteiger partial charge in [-0.05, 0) is 6.08 Å². The van der Waals surface area contributed by atoms with Crippen LogP contribution in [0.4, 0.5) is 0 Å². The Morgan fingerprint density at radius 2 is 2.46 bits per heavy atom. The average molecular weight is 178 g/mol. The van der Waals surface area contributed by atoms with Crippen LogP contribution in [-0.2, 0) is 9.53 Å². The van der Waals surface area contributed by atoms with E-state index >= 15 is 0 Å². The van der Waals surface area contributed by atoms with Crippen LogP contribution in [0.25, 0.3) is 0 Å². The van der Waals surface area contributed by atoms with Gasteiger partial charge in [0.25, 0.3) is 0 Å². The number of nitrogens with zero attached hydrogens (tertiary/aromatic N) is 2. The average Bonchev–Trinajstić information content (AvgIpc) is 2.17. The number of carboxylic acid groups (broad SMARTS) is 1. The van der Waals surface area contributed by atoms with E-state index in [1.807, 2.05) is 0 Å². The molecule has 5 heteroatoms. The number of fused-ring (bicyclic) bond motifs is 1. The van der Waals surface area contributed by atoms with Crippen molar-refractivity contribution in [3.05, 3.63) is 36.2 Å². The van der Waals surface area contributed by atoms with Crippen LogP contribution in [0, 0.1) is 0 Å². The summed E-state index contributed by atoms with van der Waals surface area (Å²) in [5.41, 5.74) is 0.750. The molecule has 0 amide bonds. The molecular formula is C8H6N2O3. The van der Waals surface area contributed by atoms with Crippen molar-refractivity contribution in [3.63, 3.8) is 0 Å². The summed E-state index contributed by atoms with van der Waals surface area (Å²) in [5, 5.41) is 8.62. The molecule has 0 aromatic heterocycles. The van der Waals surface area contributed by atoms with Gasteiger partial charge in [0.2, 0.25) is 5.76 Å². The summed E-state index contributed by atoms with van der Waals surface area (Å²) in [6.07, 6.45) is 7.56. The van der Waals surface area contributed by atoms with E-state index in [9.17, 15) is 4.79 Å². The maximum atomic E-state index is 10.5. The quantitative estimate of drug-likeness (QED) is 0.640. The second-order valence-electron chi connectivity index (χ2n) is 2.45. The molecule has 2 rings (SSSR count). The molecule has 0 atom stereocenters. The van der Waals surface area contributed by atoms with Gasteiger partial charge in [-0.3, -0.25) is 0 Å². The maximum Gasteiger partial charge on any atom is 0.373 e. The molecule has 2 aliphatic rings. The number of rotatable bonds is 1. The largest absolute Gasteiger partial charge is 0.475 e. The molecule has 0 aromatic carbocycles. The molecule has 66 valence electrons. The zero-order chi connectivity index (χ0) is 9.26. The minimum Gasteiger partial charge on any atom is -0.475 e. The summed E-state index contributed by atoms with van der Waals surface area (Å²) in [6.45, 7) is 0. The third kappa shape index (κ3) is 1.31. The molecule has 0 fully saturated rings. The number of hydrogen-bond acceptors (Lipinski definition) is 4. The number of aliphatic imine (C=N–C) groups is 1. The molecule has 0 aromatic rings. The highest BCUT2D eigenvalue weighted by atomic mass is 16.5. The normalized spacial score (nSPS) is 18.6. The highest BCUT2D eigenvalue weighted by Gasteiger charge is 2.17. The van der Waals surface area contributed by atoms with E-state index in [2.05, 4.69) is 4.99 Å². The van der Waals surface area contributed by atoms with E-state index in [1.54, 1.807) is 17.2 Å². The third-order valence-electron chi connectivity index (χ3n) is 1.59. The molecule has 0 aliphatic carbocycles. The molecule has 1 N–H and O–H groups in total. The Morgan fingerprint density at radius 3 is 3.23 bits per heavy atom. The van der Waals surface area contributed by atoms with Crippen molar-refractivity contribution in [1.29, 1.82) is 0 Å². The first kappa shape index (κ1) is 7.60. The van der Waals surface area contributed by atoms with Gasteiger partial charge in [-0.2, -0.15) is 0 Å². The molecule has 0 spiro atoms. The molecule has 0 radical (unpaired) electrons. The lowest BCUT2D eigenvalue weighted by Gasteiger charge is -2.22. The molecule has 0 saturated heterocycles. The highest BCUT2D eigenvalue weighted by Crippen LogP contribution is 2.17. The highest BCUT2D eigenvalue weighted by molar-refractivity contribution is 5.85. The Morgan fingerprint density at radius 1 is 1.62 bits per heavy atom. The van der Waals surface area contributed by atoms with E-state index in [0.29, 0.717) is 0 Å². The van der Waals surface area contributed by atoms with Crippen LogP contribution in [0.1, 0.15) is 0 Å². The van der Waals surface area contributed by atoms with Gasteiger partial charge in [0.1, 0.15) is 6.26 Å². The Bertz CT molecular complexity index is 366. The number of carbonyl (C=O) groups is 1. The van der Waals surface area contributed by atoms with Crippen LogP contribution in [-0.4, -0.2) is 22.3 Å². The third-order valence-corrected chi connectivity index (χ3v) is 1.59. The number of ether oxygens (including phenoxy) is 1. The molecule has 0 saturated carbocycles. The Balaban J connectivity index is 2.27. The second-order valence-corrected chi connectivity index (χ2v) is 2.45. The summed E-state index contributed by atoms with van der Waals surface area (Å²) in [5.74, 6) is -1.22. The molecule has 0 unspecified atom stereocenters. The maximum absolute atomic E-state index is 10.5. The standard InChI is InChI=1S/C8H6N2O3/c11-8(12)7-3-10-5-9-2-1-6(10)4-13-7/h1-5H,(H,11,12). The van der Waals surface area contributed by atoms with Crippen molar-refractivity contribution < 1.29 is 14.6 Å². The van der Waals surface area contributed by atoms with Gasteiger partial charge in [0, 0.05) is 6.20 Å². The van der Waals surface area contributed by atoms with Gasteiger partial charge in [-0.25, -0.2) is 9.79 Å². The van der Waals surface area contributed by atoms with Crippen molar-refractivity contribution in [1.82, 2.24) is 4.90 Å². The summed E-state index contributed by atoms with van der Waals surface area (Å²) >= 11 is 0. The Labute approximate surface area is 73.9 Å². The van der Waals surface area contributed by atoms with Crippen LogP contribution >= 0.6 is 0 Å². The lowest BCUT2D eigenvalue weighted by atomic mass is 10.3. The van der Waals surface area contributed by atoms with Crippen LogP contribution in [0.5, 0.6) is 0 Å². The molecule has 2 aliphatic heterocycles. The SMILES string of the molecule is O=C(O)C1=CN2C=NC=CC2=CO1. The zero-order valence-electron chi connectivity index (χ0n) is 6.54. The summed E-state index contributed by atoms with van der Waals surface area (Å²) < 4.78 is 4.85. The number of carboxylic acids is 1. The van der Waals surface area contributed by atoms with Gasteiger partial charge in [0.05, 0.1) is 18.2 Å². The van der Waals surface area contributed by atoms with Crippen LogP contribution in [0.2, 0.25) is 0 Å². The minimum atomic E-state index is -1.10. The number of aliphatic carboxylic acids is 1. The van der Waals surface area contributed by atoms with E-state index in [1.165, 1.54) is 18.8 Å². The molecular weight excluding hydrogens is 172 g/mol. The first-order chi connectivity index (χ1) is 6.27.